The molecule has 0 saturated carbocycles. The van der Waals surface area contributed by atoms with Gasteiger partial charge in [0.1, 0.15) is 10.6 Å². The summed E-state index contributed by atoms with van der Waals surface area (Å²) in [6.45, 7) is 8.28. The Labute approximate surface area is 130 Å². The summed E-state index contributed by atoms with van der Waals surface area (Å²) in [5, 5.41) is 15.5. The lowest BCUT2D eigenvalue weighted by molar-refractivity contribution is 0.288. The monoisotopic (exact) mass is 308 g/mol. The number of aliphatic hydroxyl groups is 1. The van der Waals surface area contributed by atoms with Gasteiger partial charge in [0.15, 0.2) is 0 Å². The van der Waals surface area contributed by atoms with Gasteiger partial charge in [0.05, 0.1) is 5.39 Å². The minimum absolute atomic E-state index is 0.196. The Morgan fingerprint density at radius 1 is 1.38 bits per heavy atom. The van der Waals surface area contributed by atoms with E-state index in [4.69, 9.17) is 10.1 Å². The second kappa shape index (κ2) is 7.56. The van der Waals surface area contributed by atoms with Gasteiger partial charge in [0.2, 0.25) is 5.95 Å². The molecule has 0 amide bonds. The molecule has 2 aromatic rings. The lowest BCUT2D eigenvalue weighted by Gasteiger charge is -2.28. The van der Waals surface area contributed by atoms with Gasteiger partial charge in [0.25, 0.3) is 0 Å². The molecule has 0 saturated heterocycles. The molecule has 2 heterocycles. The van der Waals surface area contributed by atoms with Gasteiger partial charge in [-0.2, -0.15) is 4.98 Å². The molecule has 0 aromatic carbocycles. The number of fused-ring (bicyclic) bond motifs is 1. The number of hydrogen-bond acceptors (Lipinski definition) is 6. The van der Waals surface area contributed by atoms with Crippen molar-refractivity contribution in [1.29, 1.82) is 0 Å². The first-order valence-corrected chi connectivity index (χ1v) is 8.42. The SMILES string of the molecule is CCCNc1nc(N(CCCO)C(C)C)c2ccsc2n1. The highest BCUT2D eigenvalue weighted by Gasteiger charge is 2.17. The van der Waals surface area contributed by atoms with Crippen LogP contribution in [0.4, 0.5) is 11.8 Å². The molecule has 0 atom stereocenters. The first kappa shape index (κ1) is 16.0. The number of aromatic nitrogens is 2. The Kier molecular flexibility index (Phi) is 5.76. The summed E-state index contributed by atoms with van der Waals surface area (Å²) in [5.41, 5.74) is 0. The van der Waals surface area contributed by atoms with Crippen molar-refractivity contribution >= 4 is 33.3 Å². The number of anilines is 2. The molecule has 2 rings (SSSR count). The Morgan fingerprint density at radius 3 is 2.86 bits per heavy atom. The smallest absolute Gasteiger partial charge is 0.226 e. The van der Waals surface area contributed by atoms with Crippen molar-refractivity contribution in [2.45, 2.75) is 39.7 Å². The Morgan fingerprint density at radius 2 is 2.19 bits per heavy atom. The van der Waals surface area contributed by atoms with Crippen molar-refractivity contribution in [3.8, 4) is 0 Å². The highest BCUT2D eigenvalue weighted by Crippen LogP contribution is 2.30. The van der Waals surface area contributed by atoms with Crippen LogP contribution in [0.3, 0.4) is 0 Å². The third-order valence-corrected chi connectivity index (χ3v) is 4.10. The molecule has 0 aliphatic heterocycles. The van der Waals surface area contributed by atoms with E-state index in [1.807, 2.05) is 0 Å². The zero-order valence-corrected chi connectivity index (χ0v) is 13.8. The van der Waals surface area contributed by atoms with Gasteiger partial charge in [-0.05, 0) is 38.1 Å². The second-order valence-corrected chi connectivity index (χ2v) is 6.20. The summed E-state index contributed by atoms with van der Waals surface area (Å²) in [7, 11) is 0. The molecule has 0 unspecified atom stereocenters. The second-order valence-electron chi connectivity index (χ2n) is 5.30. The van der Waals surface area contributed by atoms with E-state index < -0.39 is 0 Å². The van der Waals surface area contributed by atoms with E-state index in [2.05, 4.69) is 47.4 Å². The molecule has 0 aliphatic carbocycles. The number of hydrogen-bond donors (Lipinski definition) is 2. The number of thiophene rings is 1. The van der Waals surface area contributed by atoms with Gasteiger partial charge in [-0.25, -0.2) is 4.98 Å². The van der Waals surface area contributed by atoms with E-state index in [0.717, 1.165) is 42.0 Å². The fraction of sp³-hybridized carbons (Fsp3) is 0.600. The normalized spacial score (nSPS) is 11.3. The summed E-state index contributed by atoms with van der Waals surface area (Å²) in [6.07, 6.45) is 1.78. The van der Waals surface area contributed by atoms with E-state index in [-0.39, 0.29) is 6.61 Å². The number of rotatable bonds is 8. The van der Waals surface area contributed by atoms with Gasteiger partial charge >= 0.3 is 0 Å². The minimum Gasteiger partial charge on any atom is -0.396 e. The van der Waals surface area contributed by atoms with Crippen LogP contribution in [-0.4, -0.2) is 40.8 Å². The predicted molar refractivity (Wildman–Crippen MR) is 90.4 cm³/mol. The predicted octanol–water partition coefficient (Wildman–Crippen LogP) is 3.11. The third-order valence-electron chi connectivity index (χ3n) is 3.29. The highest BCUT2D eigenvalue weighted by atomic mass is 32.1. The molecule has 0 radical (unpaired) electrons. The largest absolute Gasteiger partial charge is 0.396 e. The Hall–Kier alpha value is -1.40. The quantitative estimate of drug-likeness (QED) is 0.784. The molecule has 5 nitrogen and oxygen atoms in total. The van der Waals surface area contributed by atoms with Crippen molar-refractivity contribution in [3.63, 3.8) is 0 Å². The fourth-order valence-electron chi connectivity index (χ4n) is 2.22. The molecule has 6 heteroatoms. The maximum absolute atomic E-state index is 9.12. The minimum atomic E-state index is 0.196. The standard InChI is InChI=1S/C15H24N4OS/c1-4-7-16-15-17-13(12-6-10-21-14(12)18-15)19(11(2)3)8-5-9-20/h6,10-11,20H,4-5,7-9H2,1-3H3,(H,16,17,18). The van der Waals surface area contributed by atoms with E-state index in [0.29, 0.717) is 12.0 Å². The number of nitrogens with one attached hydrogen (secondary N) is 1. The summed E-state index contributed by atoms with van der Waals surface area (Å²) in [4.78, 5) is 12.5. The van der Waals surface area contributed by atoms with Crippen LogP contribution in [0.25, 0.3) is 10.2 Å². The maximum atomic E-state index is 9.12. The summed E-state index contributed by atoms with van der Waals surface area (Å²) >= 11 is 1.63. The first-order valence-electron chi connectivity index (χ1n) is 7.54. The van der Waals surface area contributed by atoms with E-state index >= 15 is 0 Å². The highest BCUT2D eigenvalue weighted by molar-refractivity contribution is 7.16. The lowest BCUT2D eigenvalue weighted by Crippen LogP contribution is -2.33. The van der Waals surface area contributed by atoms with Crippen LogP contribution in [-0.2, 0) is 0 Å². The van der Waals surface area contributed by atoms with Gasteiger partial charge in [0, 0.05) is 25.7 Å². The maximum Gasteiger partial charge on any atom is 0.226 e. The Balaban J connectivity index is 2.40. The van der Waals surface area contributed by atoms with Crippen molar-refractivity contribution in [2.24, 2.45) is 0 Å². The van der Waals surface area contributed by atoms with E-state index in [1.165, 1.54) is 0 Å². The first-order chi connectivity index (χ1) is 10.2. The molecule has 2 aromatic heterocycles. The summed E-state index contributed by atoms with van der Waals surface area (Å²) < 4.78 is 0. The zero-order valence-electron chi connectivity index (χ0n) is 13.0. The van der Waals surface area contributed by atoms with Crippen LogP contribution in [0.15, 0.2) is 11.4 Å². The van der Waals surface area contributed by atoms with Crippen LogP contribution < -0.4 is 10.2 Å². The molecular weight excluding hydrogens is 284 g/mol. The number of nitrogens with zero attached hydrogens (tertiary/aromatic N) is 3. The van der Waals surface area contributed by atoms with Gasteiger partial charge in [-0.15, -0.1) is 11.3 Å². The van der Waals surface area contributed by atoms with Crippen molar-refractivity contribution in [2.75, 3.05) is 29.9 Å². The summed E-state index contributed by atoms with van der Waals surface area (Å²) in [5.74, 6) is 1.65. The van der Waals surface area contributed by atoms with Crippen LogP contribution in [0.2, 0.25) is 0 Å². The van der Waals surface area contributed by atoms with Crippen molar-refractivity contribution in [1.82, 2.24) is 9.97 Å². The third kappa shape index (κ3) is 3.83. The van der Waals surface area contributed by atoms with Gasteiger partial charge in [-0.3, -0.25) is 0 Å². The summed E-state index contributed by atoms with van der Waals surface area (Å²) in [6, 6.07) is 2.40. The molecule has 0 spiro atoms. The van der Waals surface area contributed by atoms with Crippen LogP contribution in [0.1, 0.15) is 33.6 Å². The average molecular weight is 308 g/mol. The lowest BCUT2D eigenvalue weighted by atomic mass is 10.2. The molecular formula is C15H24N4OS. The molecule has 21 heavy (non-hydrogen) atoms. The fourth-order valence-corrected chi connectivity index (χ4v) is 2.98. The van der Waals surface area contributed by atoms with Crippen molar-refractivity contribution < 1.29 is 5.11 Å². The average Bonchev–Trinajstić information content (AvgIpc) is 2.93. The Bertz CT molecular complexity index is 570. The van der Waals surface area contributed by atoms with E-state index in [1.54, 1.807) is 11.3 Å². The van der Waals surface area contributed by atoms with Crippen LogP contribution >= 0.6 is 11.3 Å². The molecule has 2 N–H and O–H groups in total. The van der Waals surface area contributed by atoms with Crippen LogP contribution in [0, 0.1) is 0 Å². The van der Waals surface area contributed by atoms with Crippen molar-refractivity contribution in [3.05, 3.63) is 11.4 Å². The molecule has 116 valence electrons. The van der Waals surface area contributed by atoms with Crippen LogP contribution in [0.5, 0.6) is 0 Å². The van der Waals surface area contributed by atoms with E-state index in [9.17, 15) is 0 Å². The van der Waals surface area contributed by atoms with Gasteiger partial charge < -0.3 is 15.3 Å². The number of aliphatic hydroxyl groups excluding tert-OH is 1. The zero-order chi connectivity index (χ0) is 15.2. The molecule has 0 fully saturated rings. The topological polar surface area (TPSA) is 61.3 Å². The molecule has 0 aliphatic rings. The van der Waals surface area contributed by atoms with Gasteiger partial charge in [-0.1, -0.05) is 6.92 Å². The molecule has 0 bridgehead atoms.